The maximum atomic E-state index is 9.93. The van der Waals surface area contributed by atoms with E-state index in [9.17, 15) is 16.9 Å². The second kappa shape index (κ2) is 4.27. The van der Waals surface area contributed by atoms with E-state index in [0.717, 1.165) is 10.8 Å². The molecule has 0 unspecified atom stereocenters. The zero-order valence-corrected chi connectivity index (χ0v) is 11.7. The number of benzene rings is 2. The Morgan fingerprint density at radius 3 is 1.79 bits per heavy atom. The molecule has 104 valence electrons. The Morgan fingerprint density at radius 2 is 1.26 bits per heavy atom. The third-order valence-electron chi connectivity index (χ3n) is 1.87. The molecule has 0 aliphatic carbocycles. The van der Waals surface area contributed by atoms with Crippen LogP contribution in [0.4, 0.5) is 22.6 Å². The molecular formula is C10H7F6N2Sb. The van der Waals surface area contributed by atoms with Crippen LogP contribution >= 0.6 is 0 Å². The first-order valence-electron chi connectivity index (χ1n) is 4.76. The Morgan fingerprint density at radius 1 is 0.789 bits per heavy atom. The van der Waals surface area contributed by atoms with Crippen molar-refractivity contribution in [2.24, 2.45) is 0 Å². The summed E-state index contributed by atoms with van der Waals surface area (Å²) in [4.78, 5) is 3.20. The molecule has 2 aromatic carbocycles. The van der Waals surface area contributed by atoms with Crippen molar-refractivity contribution in [2.75, 3.05) is 0 Å². The first kappa shape index (κ1) is 15.6. The van der Waals surface area contributed by atoms with Crippen LogP contribution in [0.3, 0.4) is 0 Å². The molecule has 0 aliphatic rings. The van der Waals surface area contributed by atoms with Crippen LogP contribution in [0, 0.1) is 5.39 Å². The molecule has 0 amide bonds. The van der Waals surface area contributed by atoms with E-state index >= 15 is 0 Å². The number of hydrogen-bond acceptors (Lipinski definition) is 1. The van der Waals surface area contributed by atoms with E-state index in [1.807, 2.05) is 36.4 Å². The van der Waals surface area contributed by atoms with Crippen molar-refractivity contribution in [1.82, 2.24) is 0 Å². The summed E-state index contributed by atoms with van der Waals surface area (Å²) in [6, 6.07) is 13.5. The summed E-state index contributed by atoms with van der Waals surface area (Å²) in [7, 11) is 0. The Balaban J connectivity index is 0.000000224. The van der Waals surface area contributed by atoms with Gasteiger partial charge in [-0.2, -0.15) is 0 Å². The Hall–Kier alpha value is -1.48. The third-order valence-corrected chi connectivity index (χ3v) is 1.87. The number of diazo groups is 1. The van der Waals surface area contributed by atoms with E-state index < -0.39 is 19.5 Å². The van der Waals surface area contributed by atoms with Crippen LogP contribution in [-0.2, 0) is 0 Å². The van der Waals surface area contributed by atoms with Crippen molar-refractivity contribution in [3.8, 4) is 0 Å². The van der Waals surface area contributed by atoms with Crippen LogP contribution in [0.1, 0.15) is 0 Å². The summed E-state index contributed by atoms with van der Waals surface area (Å²) in [6.07, 6.45) is 0. The molecule has 0 radical (unpaired) electrons. The summed E-state index contributed by atoms with van der Waals surface area (Å²) in [5.74, 6) is 0. The fourth-order valence-corrected chi connectivity index (χ4v) is 1.30. The molecule has 0 fully saturated rings. The Kier molecular flexibility index (Phi) is 3.50. The topological polar surface area (TPSA) is 28.1 Å². The molecule has 19 heavy (non-hydrogen) atoms. The van der Waals surface area contributed by atoms with Crippen molar-refractivity contribution in [3.63, 3.8) is 0 Å². The molecule has 0 N–H and O–H groups in total. The maximum absolute atomic E-state index is 11.2. The van der Waals surface area contributed by atoms with Crippen molar-refractivity contribution < 1.29 is 16.9 Å². The van der Waals surface area contributed by atoms with E-state index in [-0.39, 0.29) is 0 Å². The minimum absolute atomic E-state index is 0.619. The second-order valence-electron chi connectivity index (χ2n) is 3.56. The number of rotatable bonds is 0. The van der Waals surface area contributed by atoms with Crippen LogP contribution < -0.4 is 0 Å². The number of nitrogens with zero attached hydrogens (tertiary/aromatic N) is 2. The van der Waals surface area contributed by atoms with Gasteiger partial charge in [0.05, 0.1) is 5.39 Å². The molecule has 9 heteroatoms. The molecule has 0 aromatic heterocycles. The molecule has 0 atom stereocenters. The summed E-state index contributed by atoms with van der Waals surface area (Å²) in [5, 5.41) is 10.7. The molecule has 0 aliphatic heterocycles. The summed E-state index contributed by atoms with van der Waals surface area (Å²) in [6.45, 7) is 0. The van der Waals surface area contributed by atoms with Gasteiger partial charge in [0, 0.05) is 6.07 Å². The molecule has 0 heterocycles. The predicted octanol–water partition coefficient (Wildman–Crippen LogP) is 5.46. The normalized spacial score (nSPS) is 14.6. The van der Waals surface area contributed by atoms with Gasteiger partial charge in [0.25, 0.3) is 0 Å². The monoisotopic (exact) mass is 390 g/mol. The van der Waals surface area contributed by atoms with Crippen molar-refractivity contribution in [2.45, 2.75) is 0 Å². The van der Waals surface area contributed by atoms with Crippen LogP contribution in [0.15, 0.2) is 42.5 Å². The first-order valence-corrected chi connectivity index (χ1v) is 10.5. The summed E-state index contributed by atoms with van der Waals surface area (Å²) >= 11 is -11.2. The van der Waals surface area contributed by atoms with Gasteiger partial charge in [-0.1, -0.05) is 30.3 Å². The second-order valence-corrected chi connectivity index (χ2v) is 9.03. The van der Waals surface area contributed by atoms with Crippen molar-refractivity contribution in [1.29, 1.82) is 5.39 Å². The van der Waals surface area contributed by atoms with Gasteiger partial charge < -0.3 is 0 Å². The molecule has 2 nitrogen and oxygen atoms in total. The van der Waals surface area contributed by atoms with Gasteiger partial charge >= 0.3 is 42.0 Å². The zero-order chi connectivity index (χ0) is 14.8. The van der Waals surface area contributed by atoms with E-state index in [1.165, 1.54) is 0 Å². The standard InChI is InChI=1S/C10H7N2.6FH.Sb/c11-12-10-7-3-5-8-4-1-2-6-9(8)10;;;;;;;/h1-7H;6*1H;/q+1;;;;;;;+5/p-6. The summed E-state index contributed by atoms with van der Waals surface area (Å²) < 4.78 is 59.6. The average molecular weight is 391 g/mol. The van der Waals surface area contributed by atoms with Gasteiger partial charge in [0.15, 0.2) is 4.98 Å². The van der Waals surface area contributed by atoms with Gasteiger partial charge in [0.2, 0.25) is 5.39 Å². The number of halogens is 6. The molecule has 0 spiro atoms. The number of fused-ring (bicyclic) bond motifs is 1. The average Bonchev–Trinajstić information content (AvgIpc) is 2.24. The predicted molar refractivity (Wildman–Crippen MR) is 61.1 cm³/mol. The molecule has 0 saturated carbocycles. The van der Waals surface area contributed by atoms with Crippen LogP contribution in [-0.4, -0.2) is 19.5 Å². The van der Waals surface area contributed by atoms with E-state index in [1.54, 1.807) is 6.07 Å². The van der Waals surface area contributed by atoms with E-state index in [4.69, 9.17) is 5.39 Å². The first-order chi connectivity index (χ1) is 8.36. The van der Waals surface area contributed by atoms with Crippen molar-refractivity contribution in [3.05, 3.63) is 47.4 Å². The Labute approximate surface area is 106 Å². The van der Waals surface area contributed by atoms with Gasteiger partial charge in [-0.25, -0.2) is 0 Å². The minimum atomic E-state index is -11.2. The zero-order valence-electron chi connectivity index (χ0n) is 9.15. The third kappa shape index (κ3) is 7.52. The van der Waals surface area contributed by atoms with Gasteiger partial charge in [-0.15, -0.1) is 0 Å². The van der Waals surface area contributed by atoms with Crippen LogP contribution in [0.2, 0.25) is 0 Å². The fraction of sp³-hybridized carbons (Fsp3) is 0. The van der Waals surface area contributed by atoms with Gasteiger partial charge in [0.1, 0.15) is 0 Å². The molecule has 2 aromatic rings. The Bertz CT molecular complexity index is 627. The van der Waals surface area contributed by atoms with Crippen LogP contribution in [0.5, 0.6) is 0 Å². The molecular weight excluding hydrogens is 384 g/mol. The fourth-order valence-electron chi connectivity index (χ4n) is 1.30. The van der Waals surface area contributed by atoms with Crippen molar-refractivity contribution >= 4 is 35.9 Å². The SMILES string of the molecule is N#[N+]c1cccc2ccccc12.[F][Sb-]([F])([F])([F])([F])[F]. The van der Waals surface area contributed by atoms with Crippen LogP contribution in [0.25, 0.3) is 15.7 Å². The van der Waals surface area contributed by atoms with E-state index in [0.29, 0.717) is 5.69 Å². The van der Waals surface area contributed by atoms with Gasteiger partial charge in [-0.05, 0) is 11.5 Å². The summed E-state index contributed by atoms with van der Waals surface area (Å²) in [5.41, 5.74) is 0.619. The molecule has 0 saturated heterocycles. The van der Waals surface area contributed by atoms with E-state index in [2.05, 4.69) is 4.98 Å². The molecule has 0 bridgehead atoms. The quantitative estimate of drug-likeness (QED) is 0.333. The number of hydrogen-bond donors (Lipinski definition) is 0. The molecule has 2 rings (SSSR count). The van der Waals surface area contributed by atoms with Gasteiger partial charge in [-0.3, -0.25) is 0 Å².